The van der Waals surface area contributed by atoms with Crippen LogP contribution in [0.1, 0.15) is 65.7 Å². The van der Waals surface area contributed by atoms with Gasteiger partial charge in [0.05, 0.1) is 18.8 Å². The molecule has 6 heteroatoms. The van der Waals surface area contributed by atoms with Crippen molar-refractivity contribution in [1.82, 2.24) is 4.90 Å². The second kappa shape index (κ2) is 10.0. The number of ether oxygens (including phenoxy) is 3. The third-order valence-electron chi connectivity index (χ3n) is 9.89. The molecule has 2 heterocycles. The van der Waals surface area contributed by atoms with Crippen molar-refractivity contribution in [3.05, 3.63) is 30.3 Å². The number of benzene rings is 1. The zero-order valence-corrected chi connectivity index (χ0v) is 21.7. The third-order valence-corrected chi connectivity index (χ3v) is 9.89. The van der Waals surface area contributed by atoms with Gasteiger partial charge in [-0.25, -0.2) is 0 Å². The minimum absolute atomic E-state index is 0.00925. The molecule has 2 aliphatic carbocycles. The van der Waals surface area contributed by atoms with Crippen LogP contribution in [0.2, 0.25) is 0 Å². The first-order valence-electron chi connectivity index (χ1n) is 13.7. The number of aliphatic hydroxyl groups is 1. The SMILES string of the molecule is CC1CCN(C(=O)C[C@@H]2[C@H](O)CCC3[C@]4(C)CO[C@@H](COc5ccccc5)O[C@@H]4CC[C@]32C)CC1. The van der Waals surface area contributed by atoms with Gasteiger partial charge in [-0.1, -0.05) is 39.0 Å². The number of aliphatic hydroxyl groups excluding tert-OH is 1. The number of carbonyl (C=O) groups is 1. The second-order valence-corrected chi connectivity index (χ2v) is 12.1. The van der Waals surface area contributed by atoms with E-state index in [1.165, 1.54) is 0 Å². The molecule has 0 radical (unpaired) electrons. The minimum Gasteiger partial charge on any atom is -0.488 e. The molecule has 2 aliphatic heterocycles. The molecule has 194 valence electrons. The summed E-state index contributed by atoms with van der Waals surface area (Å²) in [5.74, 6) is 2.09. The lowest BCUT2D eigenvalue weighted by Crippen LogP contribution is -2.63. The van der Waals surface area contributed by atoms with Crippen LogP contribution in [-0.2, 0) is 14.3 Å². The first kappa shape index (κ1) is 25.0. The van der Waals surface area contributed by atoms with Crippen molar-refractivity contribution in [1.29, 1.82) is 0 Å². The van der Waals surface area contributed by atoms with Gasteiger partial charge in [0.1, 0.15) is 12.4 Å². The molecule has 0 aromatic heterocycles. The molecular formula is C29H43NO5. The van der Waals surface area contributed by atoms with Gasteiger partial charge in [0.25, 0.3) is 0 Å². The van der Waals surface area contributed by atoms with Crippen LogP contribution in [0.3, 0.4) is 0 Å². The van der Waals surface area contributed by atoms with Crippen molar-refractivity contribution >= 4 is 5.91 Å². The van der Waals surface area contributed by atoms with Crippen molar-refractivity contribution in [3.63, 3.8) is 0 Å². The Kier molecular flexibility index (Phi) is 7.17. The summed E-state index contributed by atoms with van der Waals surface area (Å²) in [4.78, 5) is 15.3. The second-order valence-electron chi connectivity index (χ2n) is 12.1. The Bertz CT molecular complexity index is 871. The van der Waals surface area contributed by atoms with Gasteiger partial charge in [0.15, 0.2) is 6.29 Å². The lowest BCUT2D eigenvalue weighted by atomic mass is 9.46. The van der Waals surface area contributed by atoms with Crippen LogP contribution < -0.4 is 4.74 Å². The van der Waals surface area contributed by atoms with Gasteiger partial charge in [-0.3, -0.25) is 4.79 Å². The third kappa shape index (κ3) is 4.86. The van der Waals surface area contributed by atoms with E-state index < -0.39 is 6.10 Å². The summed E-state index contributed by atoms with van der Waals surface area (Å²) in [6.45, 7) is 9.61. The van der Waals surface area contributed by atoms with Crippen molar-refractivity contribution < 1.29 is 24.1 Å². The highest BCUT2D eigenvalue weighted by atomic mass is 16.7. The van der Waals surface area contributed by atoms with Crippen LogP contribution >= 0.6 is 0 Å². The zero-order valence-electron chi connectivity index (χ0n) is 21.7. The lowest BCUT2D eigenvalue weighted by Gasteiger charge is -2.63. The average Bonchev–Trinajstić information content (AvgIpc) is 2.86. The zero-order chi connectivity index (χ0) is 24.6. The van der Waals surface area contributed by atoms with E-state index in [2.05, 4.69) is 20.8 Å². The summed E-state index contributed by atoms with van der Waals surface area (Å²) < 4.78 is 18.6. The molecule has 1 aromatic rings. The fourth-order valence-corrected chi connectivity index (χ4v) is 7.63. The van der Waals surface area contributed by atoms with E-state index in [1.807, 2.05) is 35.2 Å². The molecule has 4 aliphatic rings. The normalized spacial score (nSPS) is 40.0. The number of piperidine rings is 1. The maximum Gasteiger partial charge on any atom is 0.222 e. The molecule has 1 aromatic carbocycles. The lowest BCUT2D eigenvalue weighted by molar-refractivity contribution is -0.313. The van der Waals surface area contributed by atoms with Crippen LogP contribution in [0.5, 0.6) is 5.75 Å². The molecule has 4 fully saturated rings. The molecule has 35 heavy (non-hydrogen) atoms. The number of amides is 1. The van der Waals surface area contributed by atoms with Gasteiger partial charge < -0.3 is 24.2 Å². The minimum atomic E-state index is -0.415. The highest BCUT2D eigenvalue weighted by Gasteiger charge is 2.61. The monoisotopic (exact) mass is 485 g/mol. The molecule has 0 spiro atoms. The quantitative estimate of drug-likeness (QED) is 0.658. The van der Waals surface area contributed by atoms with Gasteiger partial charge in [0.2, 0.25) is 5.91 Å². The summed E-state index contributed by atoms with van der Waals surface area (Å²) in [5.41, 5.74) is -0.222. The van der Waals surface area contributed by atoms with Crippen molar-refractivity contribution in [2.75, 3.05) is 26.3 Å². The van der Waals surface area contributed by atoms with Gasteiger partial charge in [-0.05, 0) is 73.8 Å². The Morgan fingerprint density at radius 2 is 1.83 bits per heavy atom. The molecule has 5 rings (SSSR count). The van der Waals surface area contributed by atoms with Crippen LogP contribution in [0.15, 0.2) is 30.3 Å². The van der Waals surface area contributed by atoms with Crippen molar-refractivity contribution in [3.8, 4) is 5.75 Å². The molecule has 7 atom stereocenters. The molecule has 2 saturated carbocycles. The highest BCUT2D eigenvalue weighted by molar-refractivity contribution is 5.76. The van der Waals surface area contributed by atoms with E-state index in [4.69, 9.17) is 14.2 Å². The van der Waals surface area contributed by atoms with Crippen molar-refractivity contribution in [2.45, 2.75) is 84.2 Å². The number of likely N-dealkylation sites (tertiary alicyclic amines) is 1. The van der Waals surface area contributed by atoms with Crippen molar-refractivity contribution in [2.24, 2.45) is 28.6 Å². The standard InChI is InChI=1S/C29H43NO5/c1-20-12-15-30(16-13-20)26(32)17-22-23(31)9-10-24-28(22,2)14-11-25-29(24,3)19-34-27(35-25)18-33-21-7-5-4-6-8-21/h4-8,20,22-25,27,31H,9-19H2,1-3H3/t22-,23-,24?,25-,27-,28+,29+/m1/s1. The topological polar surface area (TPSA) is 68.2 Å². The highest BCUT2D eigenvalue weighted by Crippen LogP contribution is 2.62. The molecule has 1 amide bonds. The van der Waals surface area contributed by atoms with Crippen LogP contribution in [-0.4, -0.2) is 60.7 Å². The van der Waals surface area contributed by atoms with E-state index in [9.17, 15) is 9.90 Å². The van der Waals surface area contributed by atoms with Gasteiger partial charge in [0, 0.05) is 24.9 Å². The molecule has 6 nitrogen and oxygen atoms in total. The number of hydrogen-bond donors (Lipinski definition) is 1. The Balaban J connectivity index is 1.25. The number of nitrogens with zero attached hydrogens (tertiary/aromatic N) is 1. The van der Waals surface area contributed by atoms with E-state index >= 15 is 0 Å². The number of carbonyl (C=O) groups excluding carboxylic acids is 1. The molecular weight excluding hydrogens is 442 g/mol. The summed E-state index contributed by atoms with van der Waals surface area (Å²) in [7, 11) is 0. The largest absolute Gasteiger partial charge is 0.488 e. The van der Waals surface area contributed by atoms with Gasteiger partial charge in [-0.15, -0.1) is 0 Å². The summed E-state index contributed by atoms with van der Waals surface area (Å²) in [6.07, 6.45) is 5.54. The fourth-order valence-electron chi connectivity index (χ4n) is 7.63. The summed E-state index contributed by atoms with van der Waals surface area (Å²) in [6, 6.07) is 9.78. The smallest absolute Gasteiger partial charge is 0.222 e. The first-order chi connectivity index (χ1) is 16.8. The number of hydrogen-bond acceptors (Lipinski definition) is 5. The van der Waals surface area contributed by atoms with E-state index in [0.29, 0.717) is 31.5 Å². The van der Waals surface area contributed by atoms with E-state index in [0.717, 1.165) is 57.4 Å². The summed E-state index contributed by atoms with van der Waals surface area (Å²) in [5, 5.41) is 11.1. The Morgan fingerprint density at radius 3 is 2.57 bits per heavy atom. The van der Waals surface area contributed by atoms with E-state index in [1.54, 1.807) is 0 Å². The van der Waals surface area contributed by atoms with E-state index in [-0.39, 0.29) is 35.0 Å². The number of para-hydroxylation sites is 1. The molecule has 0 bridgehead atoms. The predicted molar refractivity (Wildman–Crippen MR) is 134 cm³/mol. The maximum absolute atomic E-state index is 13.3. The fraction of sp³-hybridized carbons (Fsp3) is 0.759. The molecule has 2 saturated heterocycles. The average molecular weight is 486 g/mol. The number of rotatable bonds is 5. The molecule has 1 N–H and O–H groups in total. The Morgan fingerprint density at radius 1 is 1.09 bits per heavy atom. The van der Waals surface area contributed by atoms with Crippen LogP contribution in [0, 0.1) is 28.6 Å². The molecule has 1 unspecified atom stereocenters. The van der Waals surface area contributed by atoms with Crippen LogP contribution in [0.4, 0.5) is 0 Å². The Hall–Kier alpha value is -1.63. The summed E-state index contributed by atoms with van der Waals surface area (Å²) >= 11 is 0. The van der Waals surface area contributed by atoms with Gasteiger partial charge >= 0.3 is 0 Å². The number of fused-ring (bicyclic) bond motifs is 3. The van der Waals surface area contributed by atoms with Crippen LogP contribution in [0.25, 0.3) is 0 Å². The predicted octanol–water partition coefficient (Wildman–Crippen LogP) is 4.65. The Labute approximate surface area is 210 Å². The van der Waals surface area contributed by atoms with Gasteiger partial charge in [-0.2, -0.15) is 0 Å². The first-order valence-corrected chi connectivity index (χ1v) is 13.7. The maximum atomic E-state index is 13.3.